The third kappa shape index (κ3) is 3.79. The van der Waals surface area contributed by atoms with Crippen LogP contribution in [0, 0.1) is 0 Å². The number of methoxy groups -OCH3 is 1. The highest BCUT2D eigenvalue weighted by molar-refractivity contribution is 7.89. The van der Waals surface area contributed by atoms with E-state index in [1.165, 1.54) is 19.2 Å². The van der Waals surface area contributed by atoms with Crippen molar-refractivity contribution in [3.05, 3.63) is 29.8 Å². The summed E-state index contributed by atoms with van der Waals surface area (Å²) in [7, 11) is -0.600. The van der Waals surface area contributed by atoms with Crippen molar-refractivity contribution >= 4 is 16.0 Å². The van der Waals surface area contributed by atoms with E-state index < -0.39 is 16.0 Å². The number of rotatable bonds is 4. The first-order valence-corrected chi connectivity index (χ1v) is 8.05. The molecule has 0 bridgehead atoms. The van der Waals surface area contributed by atoms with E-state index in [1.807, 2.05) is 7.05 Å². The normalized spacial score (nSPS) is 17.6. The second-order valence-corrected chi connectivity index (χ2v) is 6.50. The summed E-state index contributed by atoms with van der Waals surface area (Å²) in [5, 5.41) is 1.64. The number of benzene rings is 1. The van der Waals surface area contributed by atoms with Crippen LogP contribution < -0.4 is 4.83 Å². The van der Waals surface area contributed by atoms with E-state index in [9.17, 15) is 13.2 Å². The zero-order chi connectivity index (χ0) is 15.5. The molecule has 7 nitrogen and oxygen atoms in total. The second kappa shape index (κ2) is 6.52. The van der Waals surface area contributed by atoms with E-state index in [4.69, 9.17) is 0 Å². The molecular formula is C13H19N3O4S. The van der Waals surface area contributed by atoms with Crippen molar-refractivity contribution in [2.45, 2.75) is 4.90 Å². The number of ether oxygens (including phenoxy) is 1. The van der Waals surface area contributed by atoms with E-state index in [0.29, 0.717) is 13.1 Å². The monoisotopic (exact) mass is 313 g/mol. The smallest absolute Gasteiger partial charge is 0.339 e. The van der Waals surface area contributed by atoms with E-state index >= 15 is 0 Å². The molecule has 0 atom stereocenters. The van der Waals surface area contributed by atoms with E-state index in [1.54, 1.807) is 17.1 Å². The summed E-state index contributed by atoms with van der Waals surface area (Å²) in [6, 6.07) is 6.00. The molecule has 1 N–H and O–H groups in total. The van der Waals surface area contributed by atoms with Gasteiger partial charge in [-0.1, -0.05) is 12.1 Å². The fourth-order valence-corrected chi connectivity index (χ4v) is 3.42. The highest BCUT2D eigenvalue weighted by Gasteiger charge is 2.25. The second-order valence-electron chi connectivity index (χ2n) is 4.87. The summed E-state index contributed by atoms with van der Waals surface area (Å²) in [5.41, 5.74) is 0.0293. The Balaban J connectivity index is 2.22. The Bertz CT molecular complexity index is 610. The molecule has 1 fully saturated rings. The molecule has 0 amide bonds. The highest BCUT2D eigenvalue weighted by atomic mass is 32.2. The first kappa shape index (κ1) is 15.9. The lowest BCUT2D eigenvalue weighted by molar-refractivity contribution is 0.0596. The van der Waals surface area contributed by atoms with Gasteiger partial charge < -0.3 is 9.64 Å². The first-order chi connectivity index (χ1) is 9.94. The largest absolute Gasteiger partial charge is 0.465 e. The van der Waals surface area contributed by atoms with Crippen LogP contribution in [-0.2, 0) is 14.8 Å². The quantitative estimate of drug-likeness (QED) is 0.783. The summed E-state index contributed by atoms with van der Waals surface area (Å²) in [5.74, 6) is -0.672. The topological polar surface area (TPSA) is 78.9 Å². The molecular weight excluding hydrogens is 294 g/mol. The lowest BCUT2D eigenvalue weighted by Gasteiger charge is -2.32. The van der Waals surface area contributed by atoms with Crippen LogP contribution in [0.5, 0.6) is 0 Å². The third-order valence-electron chi connectivity index (χ3n) is 3.33. The molecule has 0 radical (unpaired) electrons. The molecule has 21 heavy (non-hydrogen) atoms. The van der Waals surface area contributed by atoms with E-state index in [2.05, 4.69) is 14.5 Å². The van der Waals surface area contributed by atoms with Gasteiger partial charge in [0.1, 0.15) is 0 Å². The number of likely N-dealkylation sites (N-methyl/N-ethyl adjacent to an activating group) is 1. The standard InChI is InChI=1S/C13H19N3O4S/c1-15-7-9-16(10-8-15)14-21(18,19)12-6-4-3-5-11(12)13(17)20-2/h3-6,14H,7-10H2,1-2H3. The number of nitrogens with one attached hydrogen (secondary N) is 1. The zero-order valence-corrected chi connectivity index (χ0v) is 12.9. The minimum absolute atomic E-state index is 0.0293. The van der Waals surface area contributed by atoms with Crippen molar-refractivity contribution in [3.8, 4) is 0 Å². The summed E-state index contributed by atoms with van der Waals surface area (Å²) in [4.78, 5) is 16.2. The number of sulfonamides is 1. The minimum atomic E-state index is -3.81. The number of carbonyl (C=O) groups is 1. The minimum Gasteiger partial charge on any atom is -0.465 e. The van der Waals surface area contributed by atoms with Crippen molar-refractivity contribution < 1.29 is 17.9 Å². The van der Waals surface area contributed by atoms with Crippen molar-refractivity contribution in [1.29, 1.82) is 0 Å². The Morgan fingerprint density at radius 2 is 1.81 bits per heavy atom. The van der Waals surface area contributed by atoms with Crippen LogP contribution in [0.2, 0.25) is 0 Å². The van der Waals surface area contributed by atoms with Crippen LogP contribution in [0.25, 0.3) is 0 Å². The Morgan fingerprint density at radius 3 is 2.43 bits per heavy atom. The fourth-order valence-electron chi connectivity index (χ4n) is 2.10. The SMILES string of the molecule is COC(=O)c1ccccc1S(=O)(=O)NN1CCN(C)CC1. The Hall–Kier alpha value is -1.48. The molecule has 1 heterocycles. The molecule has 1 aromatic rings. The van der Waals surface area contributed by atoms with Crippen LogP contribution in [-0.4, -0.2) is 64.6 Å². The van der Waals surface area contributed by atoms with Crippen molar-refractivity contribution in [2.75, 3.05) is 40.3 Å². The number of piperazine rings is 1. The van der Waals surface area contributed by atoms with Gasteiger partial charge in [-0.15, -0.1) is 4.83 Å². The van der Waals surface area contributed by atoms with Crippen LogP contribution >= 0.6 is 0 Å². The van der Waals surface area contributed by atoms with Gasteiger partial charge in [-0.05, 0) is 19.2 Å². The van der Waals surface area contributed by atoms with Gasteiger partial charge in [-0.2, -0.15) is 0 Å². The highest BCUT2D eigenvalue weighted by Crippen LogP contribution is 2.16. The molecule has 0 aromatic heterocycles. The number of hydrazine groups is 1. The predicted molar refractivity (Wildman–Crippen MR) is 77.2 cm³/mol. The van der Waals surface area contributed by atoms with Gasteiger partial charge in [0, 0.05) is 26.2 Å². The molecule has 8 heteroatoms. The van der Waals surface area contributed by atoms with Gasteiger partial charge in [-0.3, -0.25) is 0 Å². The van der Waals surface area contributed by atoms with Gasteiger partial charge in [0.25, 0.3) is 10.0 Å². The number of nitrogens with zero attached hydrogens (tertiary/aromatic N) is 2. The number of hydrogen-bond acceptors (Lipinski definition) is 6. The number of esters is 1. The van der Waals surface area contributed by atoms with Crippen LogP contribution in [0.1, 0.15) is 10.4 Å². The maximum atomic E-state index is 12.4. The molecule has 0 aliphatic carbocycles. The zero-order valence-electron chi connectivity index (χ0n) is 12.1. The molecule has 116 valence electrons. The van der Waals surface area contributed by atoms with Gasteiger partial charge in [-0.25, -0.2) is 18.2 Å². The third-order valence-corrected chi connectivity index (χ3v) is 4.77. The van der Waals surface area contributed by atoms with Crippen LogP contribution in [0.4, 0.5) is 0 Å². The molecule has 2 rings (SSSR count). The fraction of sp³-hybridized carbons (Fsp3) is 0.462. The predicted octanol–water partition coefficient (Wildman–Crippen LogP) is -0.0861. The lowest BCUT2D eigenvalue weighted by atomic mass is 10.2. The van der Waals surface area contributed by atoms with Crippen LogP contribution in [0.3, 0.4) is 0 Å². The van der Waals surface area contributed by atoms with Gasteiger partial charge in [0.2, 0.25) is 0 Å². The maximum Gasteiger partial charge on any atom is 0.339 e. The van der Waals surface area contributed by atoms with Crippen molar-refractivity contribution in [1.82, 2.24) is 14.7 Å². The number of hydrogen-bond donors (Lipinski definition) is 1. The molecule has 0 spiro atoms. The Labute approximate surface area is 124 Å². The lowest BCUT2D eigenvalue weighted by Crippen LogP contribution is -2.52. The number of carbonyl (C=O) groups excluding carboxylic acids is 1. The van der Waals surface area contributed by atoms with Crippen molar-refractivity contribution in [2.24, 2.45) is 0 Å². The van der Waals surface area contributed by atoms with Crippen LogP contribution in [0.15, 0.2) is 29.2 Å². The Kier molecular flexibility index (Phi) is 4.94. The average Bonchev–Trinajstić information content (AvgIpc) is 2.48. The summed E-state index contributed by atoms with van der Waals surface area (Å²) >= 11 is 0. The molecule has 1 aliphatic rings. The average molecular weight is 313 g/mol. The van der Waals surface area contributed by atoms with Gasteiger partial charge in [0.15, 0.2) is 0 Å². The molecule has 0 saturated carbocycles. The first-order valence-electron chi connectivity index (χ1n) is 6.57. The molecule has 1 aliphatic heterocycles. The summed E-state index contributed by atoms with van der Waals surface area (Å²) < 4.78 is 29.5. The Morgan fingerprint density at radius 1 is 1.19 bits per heavy atom. The summed E-state index contributed by atoms with van der Waals surface area (Å²) in [6.07, 6.45) is 0. The van der Waals surface area contributed by atoms with Gasteiger partial charge >= 0.3 is 5.97 Å². The van der Waals surface area contributed by atoms with E-state index in [0.717, 1.165) is 13.1 Å². The van der Waals surface area contributed by atoms with Gasteiger partial charge in [0.05, 0.1) is 17.6 Å². The molecule has 1 aromatic carbocycles. The van der Waals surface area contributed by atoms with E-state index in [-0.39, 0.29) is 10.5 Å². The molecule has 0 unspecified atom stereocenters. The van der Waals surface area contributed by atoms with Crippen molar-refractivity contribution in [3.63, 3.8) is 0 Å². The summed E-state index contributed by atoms with van der Waals surface area (Å²) in [6.45, 7) is 2.74. The molecule has 1 saturated heterocycles. The maximum absolute atomic E-state index is 12.4.